The highest BCUT2D eigenvalue weighted by Crippen LogP contribution is 2.19. The summed E-state index contributed by atoms with van der Waals surface area (Å²) in [7, 11) is 0. The van der Waals surface area contributed by atoms with Crippen LogP contribution < -0.4 is 5.32 Å². The number of amides is 1. The fraction of sp³-hybridized carbons (Fsp3) is 0.333. The lowest BCUT2D eigenvalue weighted by Gasteiger charge is -2.30. The SMILES string of the molecule is CC1CCCN(C(=O)c2ccnc(Nc3ccccc3C#N)n2)C1. The van der Waals surface area contributed by atoms with Crippen LogP contribution in [0, 0.1) is 17.2 Å². The zero-order chi connectivity index (χ0) is 16.9. The molecule has 1 saturated heterocycles. The van der Waals surface area contributed by atoms with Gasteiger partial charge in [0.1, 0.15) is 11.8 Å². The predicted octanol–water partition coefficient (Wildman–Crippen LogP) is 2.96. The fourth-order valence-electron chi connectivity index (χ4n) is 2.88. The summed E-state index contributed by atoms with van der Waals surface area (Å²) in [4.78, 5) is 23.0. The van der Waals surface area contributed by atoms with Crippen LogP contribution in [0.15, 0.2) is 36.5 Å². The number of nitriles is 1. The monoisotopic (exact) mass is 321 g/mol. The summed E-state index contributed by atoms with van der Waals surface area (Å²) < 4.78 is 0. The van der Waals surface area contributed by atoms with E-state index in [1.165, 1.54) is 0 Å². The van der Waals surface area contributed by atoms with Crippen LogP contribution in [0.3, 0.4) is 0 Å². The Morgan fingerprint density at radius 1 is 1.38 bits per heavy atom. The van der Waals surface area contributed by atoms with Crippen molar-refractivity contribution in [1.82, 2.24) is 14.9 Å². The highest BCUT2D eigenvalue weighted by Gasteiger charge is 2.23. The summed E-state index contributed by atoms with van der Waals surface area (Å²) in [5.41, 5.74) is 1.50. The van der Waals surface area contributed by atoms with Crippen molar-refractivity contribution < 1.29 is 4.79 Å². The summed E-state index contributed by atoms with van der Waals surface area (Å²) in [5, 5.41) is 12.2. The number of rotatable bonds is 3. The molecule has 1 amide bonds. The number of nitrogens with one attached hydrogen (secondary N) is 1. The third-order valence-corrected chi connectivity index (χ3v) is 4.11. The van der Waals surface area contributed by atoms with E-state index in [0.717, 1.165) is 25.9 Å². The van der Waals surface area contributed by atoms with Crippen LogP contribution in [0.25, 0.3) is 0 Å². The van der Waals surface area contributed by atoms with Crippen molar-refractivity contribution in [2.24, 2.45) is 5.92 Å². The van der Waals surface area contributed by atoms with Gasteiger partial charge in [-0.3, -0.25) is 4.79 Å². The third kappa shape index (κ3) is 3.51. The number of carbonyl (C=O) groups excluding carboxylic acids is 1. The van der Waals surface area contributed by atoms with Crippen LogP contribution in [-0.4, -0.2) is 33.9 Å². The average molecular weight is 321 g/mol. The molecule has 6 nitrogen and oxygen atoms in total. The Balaban J connectivity index is 1.79. The number of para-hydroxylation sites is 1. The van der Waals surface area contributed by atoms with Crippen LogP contribution in [0.5, 0.6) is 0 Å². The van der Waals surface area contributed by atoms with E-state index < -0.39 is 0 Å². The largest absolute Gasteiger partial charge is 0.337 e. The number of aromatic nitrogens is 2. The lowest BCUT2D eigenvalue weighted by atomic mass is 10.00. The maximum absolute atomic E-state index is 12.6. The van der Waals surface area contributed by atoms with Gasteiger partial charge >= 0.3 is 0 Å². The van der Waals surface area contributed by atoms with E-state index >= 15 is 0 Å². The first-order valence-electron chi connectivity index (χ1n) is 8.06. The number of hydrogen-bond donors (Lipinski definition) is 1. The van der Waals surface area contributed by atoms with Crippen LogP contribution >= 0.6 is 0 Å². The van der Waals surface area contributed by atoms with Gasteiger partial charge < -0.3 is 10.2 Å². The van der Waals surface area contributed by atoms with E-state index in [4.69, 9.17) is 5.26 Å². The second kappa shape index (κ2) is 7.09. The Morgan fingerprint density at radius 3 is 3.00 bits per heavy atom. The number of piperidine rings is 1. The molecule has 2 heterocycles. The minimum atomic E-state index is -0.0689. The lowest BCUT2D eigenvalue weighted by molar-refractivity contribution is 0.0677. The maximum atomic E-state index is 12.6. The molecule has 1 aliphatic rings. The van der Waals surface area contributed by atoms with E-state index in [1.54, 1.807) is 30.5 Å². The second-order valence-electron chi connectivity index (χ2n) is 6.05. The standard InChI is InChI=1S/C18H19N5O/c1-13-5-4-10-23(12-13)17(24)16-8-9-20-18(22-16)21-15-7-3-2-6-14(15)11-19/h2-3,6-9,13H,4-5,10,12H2,1H3,(H,20,21,22). The first-order valence-corrected chi connectivity index (χ1v) is 8.06. The quantitative estimate of drug-likeness (QED) is 0.940. The lowest BCUT2D eigenvalue weighted by Crippen LogP contribution is -2.39. The van der Waals surface area contributed by atoms with Crippen molar-refractivity contribution >= 4 is 17.5 Å². The molecule has 0 saturated carbocycles. The Morgan fingerprint density at radius 2 is 2.21 bits per heavy atom. The summed E-state index contributed by atoms with van der Waals surface area (Å²) in [6.45, 7) is 3.70. The van der Waals surface area contributed by atoms with Gasteiger partial charge in [0.25, 0.3) is 5.91 Å². The molecular formula is C18H19N5O. The molecule has 0 aliphatic carbocycles. The molecule has 1 aromatic carbocycles. The molecule has 6 heteroatoms. The van der Waals surface area contributed by atoms with Crippen LogP contribution in [0.4, 0.5) is 11.6 Å². The van der Waals surface area contributed by atoms with Gasteiger partial charge in [-0.25, -0.2) is 9.97 Å². The predicted molar refractivity (Wildman–Crippen MR) is 90.8 cm³/mol. The smallest absolute Gasteiger partial charge is 0.272 e. The molecule has 1 fully saturated rings. The van der Waals surface area contributed by atoms with E-state index in [0.29, 0.717) is 28.8 Å². The molecule has 1 N–H and O–H groups in total. The van der Waals surface area contributed by atoms with Crippen LogP contribution in [-0.2, 0) is 0 Å². The van der Waals surface area contributed by atoms with Gasteiger partial charge in [-0.1, -0.05) is 19.1 Å². The Bertz CT molecular complexity index is 783. The number of likely N-dealkylation sites (tertiary alicyclic amines) is 1. The molecular weight excluding hydrogens is 302 g/mol. The van der Waals surface area contributed by atoms with E-state index in [-0.39, 0.29) is 5.91 Å². The third-order valence-electron chi connectivity index (χ3n) is 4.11. The van der Waals surface area contributed by atoms with Crippen LogP contribution in [0.1, 0.15) is 35.8 Å². The molecule has 2 aromatic rings. The normalized spacial score (nSPS) is 17.2. The average Bonchev–Trinajstić information content (AvgIpc) is 2.62. The highest BCUT2D eigenvalue weighted by molar-refractivity contribution is 5.92. The van der Waals surface area contributed by atoms with Gasteiger partial charge in [-0.05, 0) is 37.0 Å². The number of carbonyl (C=O) groups is 1. The summed E-state index contributed by atoms with van der Waals surface area (Å²) >= 11 is 0. The molecule has 1 atom stereocenters. The molecule has 122 valence electrons. The summed E-state index contributed by atoms with van der Waals surface area (Å²) in [6.07, 6.45) is 3.74. The van der Waals surface area contributed by atoms with Gasteiger partial charge in [-0.2, -0.15) is 5.26 Å². The molecule has 3 rings (SSSR count). The molecule has 24 heavy (non-hydrogen) atoms. The maximum Gasteiger partial charge on any atom is 0.272 e. The van der Waals surface area contributed by atoms with Crippen molar-refractivity contribution in [3.63, 3.8) is 0 Å². The van der Waals surface area contributed by atoms with Gasteiger partial charge in [-0.15, -0.1) is 0 Å². The van der Waals surface area contributed by atoms with Gasteiger partial charge in [0.15, 0.2) is 0 Å². The minimum Gasteiger partial charge on any atom is -0.337 e. The van der Waals surface area contributed by atoms with Gasteiger partial charge in [0, 0.05) is 19.3 Å². The Hall–Kier alpha value is -2.94. The fourth-order valence-corrected chi connectivity index (χ4v) is 2.88. The minimum absolute atomic E-state index is 0.0689. The number of hydrogen-bond acceptors (Lipinski definition) is 5. The van der Waals surface area contributed by atoms with Gasteiger partial charge in [0.2, 0.25) is 5.95 Å². The molecule has 0 spiro atoms. The molecule has 0 bridgehead atoms. The van der Waals surface area contributed by atoms with E-state index in [9.17, 15) is 4.79 Å². The molecule has 1 unspecified atom stereocenters. The topological polar surface area (TPSA) is 81.9 Å². The van der Waals surface area contributed by atoms with Crippen molar-refractivity contribution in [3.05, 3.63) is 47.8 Å². The molecule has 0 radical (unpaired) electrons. The van der Waals surface area contributed by atoms with Crippen molar-refractivity contribution in [1.29, 1.82) is 5.26 Å². The second-order valence-corrected chi connectivity index (χ2v) is 6.05. The first kappa shape index (κ1) is 15.9. The number of benzene rings is 1. The molecule has 1 aromatic heterocycles. The van der Waals surface area contributed by atoms with E-state index in [1.807, 2.05) is 11.0 Å². The zero-order valence-electron chi connectivity index (χ0n) is 13.6. The number of nitrogens with zero attached hydrogens (tertiary/aromatic N) is 4. The summed E-state index contributed by atoms with van der Waals surface area (Å²) in [6, 6.07) is 10.9. The van der Waals surface area contributed by atoms with Crippen molar-refractivity contribution in [2.75, 3.05) is 18.4 Å². The number of anilines is 2. The molecule has 1 aliphatic heterocycles. The van der Waals surface area contributed by atoms with E-state index in [2.05, 4.69) is 28.3 Å². The van der Waals surface area contributed by atoms with Gasteiger partial charge in [0.05, 0.1) is 11.3 Å². The zero-order valence-corrected chi connectivity index (χ0v) is 13.6. The van der Waals surface area contributed by atoms with Crippen molar-refractivity contribution in [2.45, 2.75) is 19.8 Å². The Labute approximate surface area is 141 Å². The summed E-state index contributed by atoms with van der Waals surface area (Å²) in [5.74, 6) is 0.763. The van der Waals surface area contributed by atoms with Crippen LogP contribution in [0.2, 0.25) is 0 Å². The first-order chi connectivity index (χ1) is 11.7. The Kier molecular flexibility index (Phi) is 4.71. The highest BCUT2D eigenvalue weighted by atomic mass is 16.2. The van der Waals surface area contributed by atoms with Crippen molar-refractivity contribution in [3.8, 4) is 6.07 Å².